The first kappa shape index (κ1) is 32.0. The molecule has 4 aromatic rings. The lowest BCUT2D eigenvalue weighted by molar-refractivity contribution is -0.140. The number of rotatable bonds is 12. The number of likely N-dealkylation sites (N-methyl/N-ethyl adjacent to an activating group) is 1. The van der Waals surface area contributed by atoms with Crippen molar-refractivity contribution >= 4 is 50.7 Å². The highest BCUT2D eigenvalue weighted by Crippen LogP contribution is 2.27. The summed E-state index contributed by atoms with van der Waals surface area (Å²) in [5, 5.41) is 3.49. The largest absolute Gasteiger partial charge is 0.355 e. The molecule has 4 rings (SSSR count). The van der Waals surface area contributed by atoms with Gasteiger partial charge in [0.15, 0.2) is 0 Å². The molecule has 224 valence electrons. The first-order chi connectivity index (χ1) is 20.6. The monoisotopic (exact) mass is 641 g/mol. The third-order valence-electron chi connectivity index (χ3n) is 6.70. The van der Waals surface area contributed by atoms with Crippen molar-refractivity contribution < 1.29 is 22.4 Å². The fourth-order valence-corrected chi connectivity index (χ4v) is 6.42. The molecule has 0 saturated carbocycles. The summed E-state index contributed by atoms with van der Waals surface area (Å²) >= 11 is 12.6. The van der Waals surface area contributed by atoms with Gasteiger partial charge in [-0.1, -0.05) is 77.8 Å². The molecule has 0 unspecified atom stereocenters. The fraction of sp³-hybridized carbons (Fsp3) is 0.188. The molecule has 11 heteroatoms. The van der Waals surface area contributed by atoms with Crippen molar-refractivity contribution in [1.82, 2.24) is 10.2 Å². The maximum Gasteiger partial charge on any atom is 0.264 e. The molecule has 0 saturated heterocycles. The number of nitrogens with zero attached hydrogens (tertiary/aromatic N) is 2. The molecular weight excluding hydrogens is 612 g/mol. The van der Waals surface area contributed by atoms with Crippen molar-refractivity contribution in [1.29, 1.82) is 0 Å². The van der Waals surface area contributed by atoms with Gasteiger partial charge in [0.25, 0.3) is 10.0 Å². The molecule has 1 N–H and O–H groups in total. The SMILES string of the molecule is CCNC(=O)[C@H](Cc1ccccc1)N(Cc1ccc(Cl)cc1Cl)C(=O)CN(c1ccccc1)S(=O)(=O)c1ccc(F)cc1. The number of halogens is 3. The minimum atomic E-state index is -4.33. The molecule has 0 spiro atoms. The Bertz CT molecular complexity index is 1660. The molecule has 7 nitrogen and oxygen atoms in total. The van der Waals surface area contributed by atoms with E-state index in [4.69, 9.17) is 23.2 Å². The Labute approximate surface area is 260 Å². The summed E-state index contributed by atoms with van der Waals surface area (Å²) in [6.07, 6.45) is 0.166. The summed E-state index contributed by atoms with van der Waals surface area (Å²) in [7, 11) is -4.33. The minimum Gasteiger partial charge on any atom is -0.355 e. The molecule has 0 aliphatic carbocycles. The number of hydrogen-bond donors (Lipinski definition) is 1. The number of nitrogens with one attached hydrogen (secondary N) is 1. The van der Waals surface area contributed by atoms with E-state index >= 15 is 0 Å². The molecule has 0 heterocycles. The van der Waals surface area contributed by atoms with Gasteiger partial charge in [-0.15, -0.1) is 0 Å². The van der Waals surface area contributed by atoms with Crippen LogP contribution in [0, 0.1) is 5.82 Å². The number of sulfonamides is 1. The van der Waals surface area contributed by atoms with Crippen LogP contribution in [0.1, 0.15) is 18.1 Å². The number of hydrogen-bond acceptors (Lipinski definition) is 4. The number of para-hydroxylation sites is 1. The summed E-state index contributed by atoms with van der Waals surface area (Å²) in [6.45, 7) is 1.36. The summed E-state index contributed by atoms with van der Waals surface area (Å²) in [5.41, 5.74) is 1.55. The van der Waals surface area contributed by atoms with E-state index in [-0.39, 0.29) is 23.5 Å². The molecule has 0 bridgehead atoms. The zero-order valence-electron chi connectivity index (χ0n) is 23.3. The van der Waals surface area contributed by atoms with Crippen molar-refractivity contribution in [2.45, 2.75) is 30.8 Å². The summed E-state index contributed by atoms with van der Waals surface area (Å²) in [5.74, 6) is -1.65. The third-order valence-corrected chi connectivity index (χ3v) is 9.08. The number of carbonyl (C=O) groups excluding carboxylic acids is 2. The second-order valence-electron chi connectivity index (χ2n) is 9.66. The van der Waals surface area contributed by atoms with Gasteiger partial charge in [-0.2, -0.15) is 0 Å². The highest BCUT2D eigenvalue weighted by atomic mass is 35.5. The highest BCUT2D eigenvalue weighted by molar-refractivity contribution is 7.92. The van der Waals surface area contributed by atoms with Crippen LogP contribution in [0.4, 0.5) is 10.1 Å². The first-order valence-electron chi connectivity index (χ1n) is 13.5. The molecule has 2 amide bonds. The van der Waals surface area contributed by atoms with Gasteiger partial charge in [0.2, 0.25) is 11.8 Å². The van der Waals surface area contributed by atoms with E-state index in [0.29, 0.717) is 22.2 Å². The molecule has 0 radical (unpaired) electrons. The van der Waals surface area contributed by atoms with Gasteiger partial charge < -0.3 is 10.2 Å². The smallest absolute Gasteiger partial charge is 0.264 e. The lowest BCUT2D eigenvalue weighted by Gasteiger charge is -2.34. The lowest BCUT2D eigenvalue weighted by Crippen LogP contribution is -2.53. The number of anilines is 1. The normalized spacial score (nSPS) is 11.9. The molecule has 4 aromatic carbocycles. The van der Waals surface area contributed by atoms with Crippen LogP contribution in [0.25, 0.3) is 0 Å². The molecule has 43 heavy (non-hydrogen) atoms. The van der Waals surface area contributed by atoms with Crippen molar-refractivity contribution in [3.05, 3.63) is 130 Å². The Kier molecular flexibility index (Phi) is 10.8. The topological polar surface area (TPSA) is 86.8 Å². The van der Waals surface area contributed by atoms with Crippen molar-refractivity contribution in [2.24, 2.45) is 0 Å². The predicted octanol–water partition coefficient (Wildman–Crippen LogP) is 6.10. The van der Waals surface area contributed by atoms with E-state index in [2.05, 4.69) is 5.32 Å². The molecular formula is C32H30Cl2FN3O4S. The van der Waals surface area contributed by atoms with E-state index in [1.165, 1.54) is 11.0 Å². The van der Waals surface area contributed by atoms with Gasteiger partial charge in [0.1, 0.15) is 18.4 Å². The van der Waals surface area contributed by atoms with Crippen LogP contribution < -0.4 is 9.62 Å². The van der Waals surface area contributed by atoms with E-state index in [9.17, 15) is 22.4 Å². The van der Waals surface area contributed by atoms with E-state index in [1.54, 1.807) is 49.4 Å². The van der Waals surface area contributed by atoms with Crippen molar-refractivity contribution in [3.63, 3.8) is 0 Å². The molecule has 0 aliphatic rings. The Hall–Kier alpha value is -3.92. The van der Waals surface area contributed by atoms with Gasteiger partial charge >= 0.3 is 0 Å². The maximum atomic E-state index is 14.3. The van der Waals surface area contributed by atoms with Crippen LogP contribution in [0.15, 0.2) is 108 Å². The summed E-state index contributed by atoms with van der Waals surface area (Å²) < 4.78 is 42.3. The summed E-state index contributed by atoms with van der Waals surface area (Å²) in [4.78, 5) is 28.9. The van der Waals surface area contributed by atoms with E-state index in [1.807, 2.05) is 30.3 Å². The zero-order valence-corrected chi connectivity index (χ0v) is 25.6. The first-order valence-corrected chi connectivity index (χ1v) is 15.7. The standard InChI is InChI=1S/C32H30Cl2FN3O4S/c1-2-36-32(40)30(19-23-9-5-3-6-10-23)37(21-24-13-14-25(33)20-29(24)34)31(39)22-38(27-11-7-4-8-12-27)43(41,42)28-17-15-26(35)16-18-28/h3-18,20,30H,2,19,21-22H2,1H3,(H,36,40)/t30-/m0/s1. The molecule has 0 fully saturated rings. The molecule has 0 aliphatic heterocycles. The van der Waals surface area contributed by atoms with Crippen molar-refractivity contribution in [3.8, 4) is 0 Å². The average Bonchev–Trinajstić information content (AvgIpc) is 2.99. The van der Waals surface area contributed by atoms with Gasteiger partial charge in [-0.3, -0.25) is 13.9 Å². The highest BCUT2D eigenvalue weighted by Gasteiger charge is 2.34. The van der Waals surface area contributed by atoms with Crippen LogP contribution in [0.5, 0.6) is 0 Å². The third kappa shape index (κ3) is 8.13. The van der Waals surface area contributed by atoms with Crippen LogP contribution in [-0.4, -0.2) is 44.3 Å². The Morgan fingerprint density at radius 2 is 1.51 bits per heavy atom. The molecule has 1 atom stereocenters. The fourth-order valence-electron chi connectivity index (χ4n) is 4.54. The zero-order chi connectivity index (χ0) is 31.0. The predicted molar refractivity (Wildman–Crippen MR) is 167 cm³/mol. The Morgan fingerprint density at radius 3 is 2.12 bits per heavy atom. The van der Waals surface area contributed by atoms with Crippen molar-refractivity contribution in [2.75, 3.05) is 17.4 Å². The van der Waals surface area contributed by atoms with E-state index < -0.39 is 40.2 Å². The second kappa shape index (κ2) is 14.5. The van der Waals surface area contributed by atoms with Crippen LogP contribution in [0.2, 0.25) is 10.0 Å². The Morgan fingerprint density at radius 1 is 0.884 bits per heavy atom. The van der Waals surface area contributed by atoms with Gasteiger partial charge in [-0.05, 0) is 66.6 Å². The van der Waals surface area contributed by atoms with E-state index in [0.717, 1.165) is 34.1 Å². The van der Waals surface area contributed by atoms with Gasteiger partial charge in [0.05, 0.1) is 10.6 Å². The maximum absolute atomic E-state index is 14.3. The van der Waals surface area contributed by atoms with Crippen LogP contribution >= 0.6 is 23.2 Å². The molecule has 0 aromatic heterocycles. The number of carbonyl (C=O) groups is 2. The average molecular weight is 643 g/mol. The summed E-state index contributed by atoms with van der Waals surface area (Å²) in [6, 6.07) is 25.5. The van der Waals surface area contributed by atoms with Gasteiger partial charge in [0, 0.05) is 29.6 Å². The quantitative estimate of drug-likeness (QED) is 0.202. The number of benzene rings is 4. The Balaban J connectivity index is 1.79. The second-order valence-corrected chi connectivity index (χ2v) is 12.4. The minimum absolute atomic E-state index is 0.0945. The number of amides is 2. The van der Waals surface area contributed by atoms with Crippen LogP contribution in [0.3, 0.4) is 0 Å². The lowest BCUT2D eigenvalue weighted by atomic mass is 10.0. The van der Waals surface area contributed by atoms with Crippen LogP contribution in [-0.2, 0) is 32.6 Å². The van der Waals surface area contributed by atoms with Gasteiger partial charge in [-0.25, -0.2) is 12.8 Å².